The van der Waals surface area contributed by atoms with Crippen molar-refractivity contribution in [3.05, 3.63) is 29.3 Å². The smallest absolute Gasteiger partial charge is 0.261 e. The van der Waals surface area contributed by atoms with Crippen LogP contribution in [0.3, 0.4) is 0 Å². The van der Waals surface area contributed by atoms with Gasteiger partial charge in [-0.05, 0) is 24.1 Å². The summed E-state index contributed by atoms with van der Waals surface area (Å²) in [7, 11) is 1.41. The van der Waals surface area contributed by atoms with Crippen LogP contribution in [-0.2, 0) is 9.59 Å². The summed E-state index contributed by atoms with van der Waals surface area (Å²) in [5, 5.41) is 5.27. The van der Waals surface area contributed by atoms with Crippen LogP contribution >= 0.6 is 0 Å². The van der Waals surface area contributed by atoms with Crippen molar-refractivity contribution in [3.63, 3.8) is 0 Å². The van der Waals surface area contributed by atoms with Gasteiger partial charge in [-0.25, -0.2) is 0 Å². The normalized spacial score (nSPS) is 14.7. The highest BCUT2D eigenvalue weighted by atomic mass is 16.2. The highest BCUT2D eigenvalue weighted by molar-refractivity contribution is 6.21. The van der Waals surface area contributed by atoms with E-state index in [1.165, 1.54) is 26.1 Å². The van der Waals surface area contributed by atoms with Gasteiger partial charge in [0.15, 0.2) is 0 Å². The Morgan fingerprint density at radius 1 is 1.09 bits per heavy atom. The molecule has 1 aliphatic heterocycles. The fourth-order valence-corrected chi connectivity index (χ4v) is 2.41. The first-order valence-corrected chi connectivity index (χ1v) is 7.26. The van der Waals surface area contributed by atoms with E-state index in [0.717, 1.165) is 4.90 Å². The molecule has 23 heavy (non-hydrogen) atoms. The van der Waals surface area contributed by atoms with E-state index in [-0.39, 0.29) is 29.2 Å². The van der Waals surface area contributed by atoms with Crippen LogP contribution in [0, 0.1) is 5.92 Å². The Hall–Kier alpha value is -2.70. The molecule has 4 amide bonds. The first-order chi connectivity index (χ1) is 10.7. The van der Waals surface area contributed by atoms with Gasteiger partial charge >= 0.3 is 0 Å². The summed E-state index contributed by atoms with van der Waals surface area (Å²) in [5.41, 5.74) is 0.981. The van der Waals surface area contributed by atoms with E-state index in [1.807, 2.05) is 13.8 Å². The molecule has 1 aromatic carbocycles. The number of carbonyl (C=O) groups is 4. The minimum atomic E-state index is -0.680. The molecule has 0 spiro atoms. The number of nitrogens with zero attached hydrogens (tertiary/aromatic N) is 1. The topological polar surface area (TPSA) is 95.6 Å². The average molecular weight is 317 g/mol. The maximum absolute atomic E-state index is 12.3. The quantitative estimate of drug-likeness (QED) is 0.810. The molecule has 0 fully saturated rings. The van der Waals surface area contributed by atoms with Crippen LogP contribution in [0.5, 0.6) is 0 Å². The highest BCUT2D eigenvalue weighted by Crippen LogP contribution is 2.25. The number of hydrogen-bond acceptors (Lipinski definition) is 4. The summed E-state index contributed by atoms with van der Waals surface area (Å²) < 4.78 is 0. The lowest BCUT2D eigenvalue weighted by atomic mass is 10.0. The Bertz CT molecular complexity index is 697. The standard InChI is InChI=1S/C16H19N3O4/c1-8(2)13(17-9(3)20)14(21)18-10-5-6-11-12(7-10)16(23)19(4)15(11)22/h5-8,13H,1-4H3,(H,17,20)(H,18,21)/t13-/m0/s1. The molecule has 2 N–H and O–H groups in total. The molecule has 0 unspecified atom stereocenters. The fourth-order valence-electron chi connectivity index (χ4n) is 2.41. The van der Waals surface area contributed by atoms with Gasteiger partial charge in [0.05, 0.1) is 11.1 Å². The zero-order valence-corrected chi connectivity index (χ0v) is 13.5. The Kier molecular flexibility index (Phi) is 4.49. The van der Waals surface area contributed by atoms with Crippen molar-refractivity contribution < 1.29 is 19.2 Å². The van der Waals surface area contributed by atoms with Crippen LogP contribution in [0.1, 0.15) is 41.5 Å². The van der Waals surface area contributed by atoms with Crippen molar-refractivity contribution in [1.82, 2.24) is 10.2 Å². The zero-order valence-electron chi connectivity index (χ0n) is 13.5. The number of amides is 4. The molecule has 0 radical (unpaired) electrons. The maximum Gasteiger partial charge on any atom is 0.261 e. The summed E-state index contributed by atoms with van der Waals surface area (Å²) in [5.74, 6) is -1.53. The molecule has 0 aromatic heterocycles. The van der Waals surface area contributed by atoms with Gasteiger partial charge in [-0.2, -0.15) is 0 Å². The van der Waals surface area contributed by atoms with Crippen molar-refractivity contribution in [3.8, 4) is 0 Å². The molecular formula is C16H19N3O4. The van der Waals surface area contributed by atoms with Gasteiger partial charge in [-0.1, -0.05) is 13.8 Å². The molecule has 7 heteroatoms. The summed E-state index contributed by atoms with van der Waals surface area (Å²) in [6, 6.07) is 3.87. The Balaban J connectivity index is 2.21. The SMILES string of the molecule is CC(=O)N[C@H](C(=O)Nc1ccc2c(c1)C(=O)N(C)C2=O)C(C)C. The summed E-state index contributed by atoms with van der Waals surface area (Å²) in [6.07, 6.45) is 0. The molecule has 0 aliphatic carbocycles. The molecule has 0 saturated heterocycles. The van der Waals surface area contributed by atoms with E-state index in [9.17, 15) is 19.2 Å². The number of carbonyl (C=O) groups excluding carboxylic acids is 4. The number of anilines is 1. The minimum Gasteiger partial charge on any atom is -0.344 e. The average Bonchev–Trinajstić information content (AvgIpc) is 2.69. The number of nitrogens with one attached hydrogen (secondary N) is 2. The van der Waals surface area contributed by atoms with Gasteiger partial charge in [-0.3, -0.25) is 24.1 Å². The van der Waals surface area contributed by atoms with E-state index >= 15 is 0 Å². The van der Waals surface area contributed by atoms with Crippen LogP contribution < -0.4 is 10.6 Å². The molecule has 2 rings (SSSR count). The molecule has 122 valence electrons. The molecular weight excluding hydrogens is 298 g/mol. The lowest BCUT2D eigenvalue weighted by Gasteiger charge is -2.21. The minimum absolute atomic E-state index is 0.0947. The monoisotopic (exact) mass is 317 g/mol. The molecule has 0 saturated carbocycles. The molecule has 1 atom stereocenters. The van der Waals surface area contributed by atoms with E-state index in [1.54, 1.807) is 6.07 Å². The summed E-state index contributed by atoms with van der Waals surface area (Å²) in [4.78, 5) is 48.3. The lowest BCUT2D eigenvalue weighted by molar-refractivity contribution is -0.126. The predicted octanol–water partition coefficient (Wildman–Crippen LogP) is 1.01. The number of benzene rings is 1. The van der Waals surface area contributed by atoms with Crippen LogP contribution in [0.2, 0.25) is 0 Å². The van der Waals surface area contributed by atoms with Crippen molar-refractivity contribution in [2.45, 2.75) is 26.8 Å². The zero-order chi connectivity index (χ0) is 17.3. The van der Waals surface area contributed by atoms with Crippen LogP contribution in [0.25, 0.3) is 0 Å². The third-order valence-electron chi connectivity index (χ3n) is 3.67. The Morgan fingerprint density at radius 2 is 1.70 bits per heavy atom. The van der Waals surface area contributed by atoms with Gasteiger partial charge in [-0.15, -0.1) is 0 Å². The second-order valence-corrected chi connectivity index (χ2v) is 5.84. The van der Waals surface area contributed by atoms with Gasteiger partial charge in [0.25, 0.3) is 11.8 Å². The summed E-state index contributed by atoms with van der Waals surface area (Å²) in [6.45, 7) is 4.98. The van der Waals surface area contributed by atoms with Crippen molar-refractivity contribution >= 4 is 29.3 Å². The first-order valence-electron chi connectivity index (χ1n) is 7.26. The molecule has 1 heterocycles. The second kappa shape index (κ2) is 6.20. The van der Waals surface area contributed by atoms with Crippen LogP contribution in [0.15, 0.2) is 18.2 Å². The van der Waals surface area contributed by atoms with E-state index < -0.39 is 11.9 Å². The summed E-state index contributed by atoms with van der Waals surface area (Å²) >= 11 is 0. The lowest BCUT2D eigenvalue weighted by Crippen LogP contribution is -2.46. The number of fused-ring (bicyclic) bond motifs is 1. The van der Waals surface area contributed by atoms with Gasteiger partial charge < -0.3 is 10.6 Å². The first kappa shape index (κ1) is 16.7. The van der Waals surface area contributed by atoms with Crippen LogP contribution in [-0.4, -0.2) is 41.6 Å². The van der Waals surface area contributed by atoms with E-state index in [2.05, 4.69) is 10.6 Å². The molecule has 0 bridgehead atoms. The second-order valence-electron chi connectivity index (χ2n) is 5.84. The molecule has 1 aliphatic rings. The number of imide groups is 1. The van der Waals surface area contributed by atoms with Crippen molar-refractivity contribution in [2.75, 3.05) is 12.4 Å². The maximum atomic E-state index is 12.3. The largest absolute Gasteiger partial charge is 0.344 e. The van der Waals surface area contributed by atoms with Crippen molar-refractivity contribution in [2.24, 2.45) is 5.92 Å². The molecule has 7 nitrogen and oxygen atoms in total. The number of hydrogen-bond donors (Lipinski definition) is 2. The third kappa shape index (κ3) is 3.23. The third-order valence-corrected chi connectivity index (χ3v) is 3.67. The highest BCUT2D eigenvalue weighted by Gasteiger charge is 2.33. The van der Waals surface area contributed by atoms with Gasteiger partial charge in [0.1, 0.15) is 6.04 Å². The Labute approximate surface area is 134 Å². The van der Waals surface area contributed by atoms with Crippen molar-refractivity contribution in [1.29, 1.82) is 0 Å². The van der Waals surface area contributed by atoms with Gasteiger partial charge in [0.2, 0.25) is 11.8 Å². The van der Waals surface area contributed by atoms with E-state index in [0.29, 0.717) is 11.3 Å². The fraction of sp³-hybridized carbons (Fsp3) is 0.375. The van der Waals surface area contributed by atoms with E-state index in [4.69, 9.17) is 0 Å². The van der Waals surface area contributed by atoms with Gasteiger partial charge in [0, 0.05) is 19.7 Å². The molecule has 1 aromatic rings. The Morgan fingerprint density at radius 3 is 2.26 bits per heavy atom. The number of rotatable bonds is 4. The van der Waals surface area contributed by atoms with Crippen LogP contribution in [0.4, 0.5) is 5.69 Å². The predicted molar refractivity (Wildman–Crippen MR) is 83.9 cm³/mol.